The third kappa shape index (κ3) is 1.86. The van der Waals surface area contributed by atoms with E-state index in [1.54, 1.807) is 18.2 Å². The number of hydrogen-bond donors (Lipinski definition) is 2. The lowest BCUT2D eigenvalue weighted by Gasteiger charge is -1.95. The van der Waals surface area contributed by atoms with E-state index in [0.717, 1.165) is 27.6 Å². The van der Waals surface area contributed by atoms with E-state index in [9.17, 15) is 9.90 Å². The normalized spacial score (nSPS) is 15.8. The van der Waals surface area contributed by atoms with Crippen molar-refractivity contribution in [2.24, 2.45) is 0 Å². The van der Waals surface area contributed by atoms with Gasteiger partial charge >= 0.3 is 0 Å². The molecule has 3 aromatic rings. The first kappa shape index (κ1) is 12.0. The fourth-order valence-electron chi connectivity index (χ4n) is 2.92. The number of carbonyl (C=O) groups is 1. The molecule has 2 aromatic carbocycles. The number of aromatic hydroxyl groups is 1. The number of ketones is 1. The zero-order valence-electron chi connectivity index (χ0n) is 11.3. The molecule has 0 bridgehead atoms. The molecular formula is C18H13NO2. The molecule has 0 saturated heterocycles. The van der Waals surface area contributed by atoms with Gasteiger partial charge in [0.2, 0.25) is 0 Å². The van der Waals surface area contributed by atoms with Crippen molar-refractivity contribution in [3.63, 3.8) is 0 Å². The highest BCUT2D eigenvalue weighted by molar-refractivity contribution is 6.16. The van der Waals surface area contributed by atoms with Gasteiger partial charge in [0.25, 0.3) is 0 Å². The number of aromatic amines is 1. The van der Waals surface area contributed by atoms with Crippen LogP contribution in [0.1, 0.15) is 21.5 Å². The first-order valence-electron chi connectivity index (χ1n) is 6.85. The number of Topliss-reactive ketones (excluding diaryl/α,β-unsaturated/α-hetero) is 1. The fourth-order valence-corrected chi connectivity index (χ4v) is 2.92. The molecule has 0 amide bonds. The number of hydrogen-bond acceptors (Lipinski definition) is 2. The van der Waals surface area contributed by atoms with E-state index in [1.165, 1.54) is 0 Å². The molecule has 0 aliphatic heterocycles. The number of benzene rings is 2. The van der Waals surface area contributed by atoms with Crippen LogP contribution in [0.5, 0.6) is 5.75 Å². The van der Waals surface area contributed by atoms with Crippen molar-refractivity contribution in [1.29, 1.82) is 0 Å². The number of allylic oxidation sites excluding steroid dienone is 1. The number of carbonyl (C=O) groups excluding carboxylic acids is 1. The van der Waals surface area contributed by atoms with Crippen molar-refractivity contribution in [2.75, 3.05) is 0 Å². The quantitative estimate of drug-likeness (QED) is 0.665. The van der Waals surface area contributed by atoms with Crippen molar-refractivity contribution in [3.8, 4) is 5.75 Å². The van der Waals surface area contributed by atoms with Gasteiger partial charge in [0.1, 0.15) is 5.75 Å². The van der Waals surface area contributed by atoms with Crippen LogP contribution in [-0.4, -0.2) is 15.9 Å². The molecular weight excluding hydrogens is 262 g/mol. The topological polar surface area (TPSA) is 53.1 Å². The Bertz CT molecular complexity index is 902. The lowest BCUT2D eigenvalue weighted by atomic mass is 10.1. The number of para-hydroxylation sites is 1. The summed E-state index contributed by atoms with van der Waals surface area (Å²) < 4.78 is 0. The molecule has 4 rings (SSSR count). The molecule has 1 aliphatic carbocycles. The molecule has 102 valence electrons. The molecule has 0 fully saturated rings. The van der Waals surface area contributed by atoms with Gasteiger partial charge in [0.15, 0.2) is 5.78 Å². The molecule has 2 N–H and O–H groups in total. The summed E-state index contributed by atoms with van der Waals surface area (Å²) in [5.41, 5.74) is 4.43. The predicted octanol–water partition coefficient (Wildman–Crippen LogP) is 3.70. The maximum absolute atomic E-state index is 12.4. The van der Waals surface area contributed by atoms with Crippen LogP contribution in [0, 0.1) is 0 Å². The Balaban J connectivity index is 1.80. The van der Waals surface area contributed by atoms with E-state index in [4.69, 9.17) is 0 Å². The van der Waals surface area contributed by atoms with Crippen LogP contribution >= 0.6 is 0 Å². The average Bonchev–Trinajstić information content (AvgIpc) is 3.02. The average molecular weight is 275 g/mol. The number of phenolic OH excluding ortho intramolecular Hbond substituents is 1. The maximum atomic E-state index is 12.4. The van der Waals surface area contributed by atoms with E-state index in [-0.39, 0.29) is 11.5 Å². The Hall–Kier alpha value is -2.81. The van der Waals surface area contributed by atoms with Gasteiger partial charge in [-0.3, -0.25) is 4.79 Å². The summed E-state index contributed by atoms with van der Waals surface area (Å²) in [5, 5.41) is 10.6. The zero-order valence-corrected chi connectivity index (χ0v) is 11.3. The molecule has 3 heteroatoms. The van der Waals surface area contributed by atoms with Crippen LogP contribution in [0.3, 0.4) is 0 Å². The van der Waals surface area contributed by atoms with Gasteiger partial charge in [0.05, 0.1) is 0 Å². The van der Waals surface area contributed by atoms with Gasteiger partial charge in [-0.15, -0.1) is 0 Å². The van der Waals surface area contributed by atoms with Crippen molar-refractivity contribution in [2.45, 2.75) is 6.42 Å². The van der Waals surface area contributed by atoms with Crippen LogP contribution in [0.15, 0.2) is 54.2 Å². The second-order valence-electron chi connectivity index (χ2n) is 5.31. The number of H-pyrrole nitrogens is 1. The van der Waals surface area contributed by atoms with Gasteiger partial charge in [-0.2, -0.15) is 0 Å². The highest BCUT2D eigenvalue weighted by Gasteiger charge is 2.25. The Morgan fingerprint density at radius 2 is 2.00 bits per heavy atom. The summed E-state index contributed by atoms with van der Waals surface area (Å²) in [6, 6.07) is 12.9. The number of phenols is 1. The van der Waals surface area contributed by atoms with E-state index in [2.05, 4.69) is 4.98 Å². The molecule has 0 radical (unpaired) electrons. The van der Waals surface area contributed by atoms with E-state index in [1.807, 2.05) is 36.5 Å². The molecule has 1 aromatic heterocycles. The smallest absolute Gasteiger partial charge is 0.189 e. The van der Waals surface area contributed by atoms with Crippen molar-refractivity contribution in [1.82, 2.24) is 4.98 Å². The fraction of sp³-hybridized carbons (Fsp3) is 0.0556. The monoisotopic (exact) mass is 275 g/mol. The van der Waals surface area contributed by atoms with Crippen LogP contribution in [-0.2, 0) is 6.42 Å². The Kier molecular flexibility index (Phi) is 2.48. The first-order chi connectivity index (χ1) is 10.2. The van der Waals surface area contributed by atoms with Gasteiger partial charge in [-0.25, -0.2) is 0 Å². The Morgan fingerprint density at radius 3 is 2.90 bits per heavy atom. The lowest BCUT2D eigenvalue weighted by Crippen LogP contribution is -1.94. The van der Waals surface area contributed by atoms with Gasteiger partial charge in [-0.1, -0.05) is 18.2 Å². The molecule has 0 atom stereocenters. The number of rotatable bonds is 1. The molecule has 3 nitrogen and oxygen atoms in total. The largest absolute Gasteiger partial charge is 0.508 e. The van der Waals surface area contributed by atoms with E-state index >= 15 is 0 Å². The zero-order chi connectivity index (χ0) is 14.4. The first-order valence-corrected chi connectivity index (χ1v) is 6.85. The van der Waals surface area contributed by atoms with Gasteiger partial charge in [0, 0.05) is 40.2 Å². The highest BCUT2D eigenvalue weighted by Crippen LogP contribution is 2.31. The van der Waals surface area contributed by atoms with Gasteiger partial charge in [-0.05, 0) is 35.9 Å². The summed E-state index contributed by atoms with van der Waals surface area (Å²) in [7, 11) is 0. The third-order valence-electron chi connectivity index (χ3n) is 3.96. The minimum Gasteiger partial charge on any atom is -0.508 e. The Labute approximate surface area is 121 Å². The van der Waals surface area contributed by atoms with E-state index in [0.29, 0.717) is 12.0 Å². The number of nitrogens with one attached hydrogen (secondary N) is 1. The molecule has 0 saturated carbocycles. The summed E-state index contributed by atoms with van der Waals surface area (Å²) in [6.07, 6.45) is 4.44. The summed E-state index contributed by atoms with van der Waals surface area (Å²) >= 11 is 0. The molecule has 1 heterocycles. The van der Waals surface area contributed by atoms with Crippen molar-refractivity contribution >= 4 is 22.8 Å². The molecule has 1 aliphatic rings. The van der Waals surface area contributed by atoms with Gasteiger partial charge < -0.3 is 10.1 Å². The standard InChI is InChI=1S/C18H13NO2/c20-14-5-6-16-11(9-14)7-12(18(16)21)8-13-10-19-17-4-2-1-3-15(13)17/h1-6,8-10,19-20H,7H2/b12-8+. The molecule has 21 heavy (non-hydrogen) atoms. The van der Waals surface area contributed by atoms with Crippen LogP contribution < -0.4 is 0 Å². The second-order valence-corrected chi connectivity index (χ2v) is 5.31. The number of aromatic nitrogens is 1. The third-order valence-corrected chi connectivity index (χ3v) is 3.96. The van der Waals surface area contributed by atoms with Crippen LogP contribution in [0.25, 0.3) is 17.0 Å². The minimum atomic E-state index is 0.0512. The van der Waals surface area contributed by atoms with Crippen molar-refractivity contribution < 1.29 is 9.90 Å². The highest BCUT2D eigenvalue weighted by atomic mass is 16.3. The molecule has 0 spiro atoms. The van der Waals surface area contributed by atoms with Crippen LogP contribution in [0.2, 0.25) is 0 Å². The predicted molar refractivity (Wildman–Crippen MR) is 82.4 cm³/mol. The maximum Gasteiger partial charge on any atom is 0.189 e. The second kappa shape index (κ2) is 4.35. The van der Waals surface area contributed by atoms with Crippen molar-refractivity contribution in [3.05, 3.63) is 70.9 Å². The SMILES string of the molecule is O=C1/C(=C/c2c[nH]c3ccccc23)Cc2cc(O)ccc21. The summed E-state index contributed by atoms with van der Waals surface area (Å²) in [4.78, 5) is 15.6. The Morgan fingerprint density at radius 1 is 1.14 bits per heavy atom. The number of fused-ring (bicyclic) bond motifs is 2. The minimum absolute atomic E-state index is 0.0512. The van der Waals surface area contributed by atoms with Crippen LogP contribution in [0.4, 0.5) is 0 Å². The summed E-state index contributed by atoms with van der Waals surface area (Å²) in [5.74, 6) is 0.255. The lowest BCUT2D eigenvalue weighted by molar-refractivity contribution is 0.104. The summed E-state index contributed by atoms with van der Waals surface area (Å²) in [6.45, 7) is 0. The molecule has 0 unspecified atom stereocenters. The van der Waals surface area contributed by atoms with E-state index < -0.39 is 0 Å².